The van der Waals surface area contributed by atoms with Gasteiger partial charge < -0.3 is 20.4 Å². The Hall–Kier alpha value is -3.33. The molecule has 3 atom stereocenters. The number of halogens is 2. The van der Waals surface area contributed by atoms with E-state index in [9.17, 15) is 24.6 Å². The molecule has 1 unspecified atom stereocenters. The van der Waals surface area contributed by atoms with Crippen molar-refractivity contribution in [1.29, 1.82) is 0 Å². The standard InChI is InChI=1S/C27H29Cl2N5O5/c1-2-12-32-17-24(35)33-22(10-11-25(36)37)26(38)31(15-19-8-9-20(28)13-21(19)29)16-23(33)34(32)27(39)30-14-18-6-4-3-5-7-18/h1,3-9,13,22-24,35H,10-12,14-17H2,(H,30,39)(H,36,37)/t22-,23-,24?/m0/s1. The highest BCUT2D eigenvalue weighted by Gasteiger charge is 2.51. The number of aliphatic carboxylic acids is 1. The number of carboxylic acids is 1. The molecule has 4 rings (SSSR count). The van der Waals surface area contributed by atoms with Crippen molar-refractivity contribution in [3.63, 3.8) is 0 Å². The number of fused-ring (bicyclic) bond motifs is 1. The van der Waals surface area contributed by atoms with Crippen LogP contribution in [0.4, 0.5) is 4.79 Å². The van der Waals surface area contributed by atoms with E-state index in [0.717, 1.165) is 5.56 Å². The molecular formula is C27H29Cl2N5O5. The highest BCUT2D eigenvalue weighted by molar-refractivity contribution is 6.35. The molecule has 0 saturated carbocycles. The molecular weight excluding hydrogens is 545 g/mol. The number of nitrogens with one attached hydrogen (secondary N) is 1. The number of hydrogen-bond acceptors (Lipinski definition) is 6. The second kappa shape index (κ2) is 12.7. The molecule has 0 radical (unpaired) electrons. The number of aliphatic hydroxyl groups is 1. The van der Waals surface area contributed by atoms with E-state index in [4.69, 9.17) is 29.6 Å². The quantitative estimate of drug-likeness (QED) is 0.415. The first-order valence-electron chi connectivity index (χ1n) is 12.4. The highest BCUT2D eigenvalue weighted by atomic mass is 35.5. The zero-order valence-corrected chi connectivity index (χ0v) is 22.6. The third kappa shape index (κ3) is 6.64. The van der Waals surface area contributed by atoms with Crippen molar-refractivity contribution in [2.75, 3.05) is 19.6 Å². The van der Waals surface area contributed by atoms with Crippen molar-refractivity contribution in [3.05, 3.63) is 69.7 Å². The third-order valence-electron chi connectivity index (χ3n) is 6.77. The van der Waals surface area contributed by atoms with E-state index in [1.807, 2.05) is 30.3 Å². The number of terminal acetylenes is 1. The Morgan fingerprint density at radius 1 is 1.13 bits per heavy atom. The number of urea groups is 1. The van der Waals surface area contributed by atoms with Crippen LogP contribution >= 0.6 is 23.2 Å². The molecule has 206 valence electrons. The molecule has 2 saturated heterocycles. The Morgan fingerprint density at radius 3 is 2.54 bits per heavy atom. The van der Waals surface area contributed by atoms with Crippen LogP contribution < -0.4 is 5.32 Å². The van der Waals surface area contributed by atoms with Gasteiger partial charge in [-0.1, -0.05) is 65.5 Å². The summed E-state index contributed by atoms with van der Waals surface area (Å²) in [6, 6.07) is 12.9. The molecule has 12 heteroatoms. The van der Waals surface area contributed by atoms with Crippen molar-refractivity contribution in [1.82, 2.24) is 25.1 Å². The minimum absolute atomic E-state index is 0.0260. The summed E-state index contributed by atoms with van der Waals surface area (Å²) in [5, 5.41) is 27.2. The van der Waals surface area contributed by atoms with Crippen LogP contribution in [-0.4, -0.2) is 86.0 Å². The maximum Gasteiger partial charge on any atom is 0.333 e. The number of carbonyl (C=O) groups excluding carboxylic acids is 2. The van der Waals surface area contributed by atoms with Crippen LogP contribution in [0.1, 0.15) is 24.0 Å². The lowest BCUT2D eigenvalue weighted by Gasteiger charge is -2.57. The minimum atomic E-state index is -1.16. The second-order valence-corrected chi connectivity index (χ2v) is 10.2. The van der Waals surface area contributed by atoms with E-state index in [1.165, 1.54) is 14.8 Å². The molecule has 0 bridgehead atoms. The molecule has 0 spiro atoms. The van der Waals surface area contributed by atoms with Gasteiger partial charge in [-0.2, -0.15) is 5.01 Å². The van der Waals surface area contributed by atoms with Crippen molar-refractivity contribution >= 4 is 41.1 Å². The molecule has 2 aromatic carbocycles. The fourth-order valence-corrected chi connectivity index (χ4v) is 5.46. The van der Waals surface area contributed by atoms with Crippen molar-refractivity contribution in [2.45, 2.75) is 44.4 Å². The van der Waals surface area contributed by atoms with Gasteiger partial charge in [0.15, 0.2) is 0 Å². The first kappa shape index (κ1) is 28.7. The average Bonchev–Trinajstić information content (AvgIpc) is 2.89. The summed E-state index contributed by atoms with van der Waals surface area (Å²) in [6.07, 6.45) is 3.26. The van der Waals surface area contributed by atoms with Crippen LogP contribution in [0.5, 0.6) is 0 Å². The number of β-amino-alcohol motifs (C(OH)–C–C–N with tert-alkyl or cyclic N) is 1. The smallest absolute Gasteiger partial charge is 0.333 e. The van der Waals surface area contributed by atoms with Gasteiger partial charge in [0.05, 0.1) is 25.7 Å². The van der Waals surface area contributed by atoms with Crippen LogP contribution in [0.2, 0.25) is 10.0 Å². The van der Waals surface area contributed by atoms with Gasteiger partial charge in [-0.3, -0.25) is 9.59 Å². The number of aliphatic hydroxyl groups excluding tert-OH is 1. The number of hydrazine groups is 1. The summed E-state index contributed by atoms with van der Waals surface area (Å²) in [4.78, 5) is 41.7. The van der Waals surface area contributed by atoms with Crippen molar-refractivity contribution < 1.29 is 24.6 Å². The molecule has 2 aliphatic heterocycles. The third-order valence-corrected chi connectivity index (χ3v) is 7.35. The number of rotatable bonds is 8. The van der Waals surface area contributed by atoms with Gasteiger partial charge in [-0.05, 0) is 29.7 Å². The van der Waals surface area contributed by atoms with E-state index < -0.39 is 30.4 Å². The topological polar surface area (TPSA) is 117 Å². The van der Waals surface area contributed by atoms with Gasteiger partial charge in [0.1, 0.15) is 12.4 Å². The average molecular weight is 574 g/mol. The predicted octanol–water partition coefficient (Wildman–Crippen LogP) is 2.59. The van der Waals surface area contributed by atoms with Crippen molar-refractivity contribution in [3.8, 4) is 12.3 Å². The summed E-state index contributed by atoms with van der Waals surface area (Å²) in [5.74, 6) is 1.08. The van der Waals surface area contributed by atoms with Gasteiger partial charge in [-0.25, -0.2) is 14.7 Å². The molecule has 3 N–H and O–H groups in total. The highest BCUT2D eigenvalue weighted by Crippen LogP contribution is 2.32. The largest absolute Gasteiger partial charge is 0.481 e. The maximum absolute atomic E-state index is 13.7. The van der Waals surface area contributed by atoms with Crippen molar-refractivity contribution in [2.24, 2.45) is 0 Å². The summed E-state index contributed by atoms with van der Waals surface area (Å²) in [5.41, 5.74) is 1.53. The molecule has 2 heterocycles. The molecule has 0 aromatic heterocycles. The van der Waals surface area contributed by atoms with Crippen LogP contribution in [-0.2, 0) is 22.7 Å². The lowest BCUT2D eigenvalue weighted by molar-refractivity contribution is -0.227. The monoisotopic (exact) mass is 573 g/mol. The zero-order valence-electron chi connectivity index (χ0n) is 21.0. The fourth-order valence-electron chi connectivity index (χ4n) is 4.99. The lowest BCUT2D eigenvalue weighted by Crippen LogP contribution is -2.77. The molecule has 0 aliphatic carbocycles. The minimum Gasteiger partial charge on any atom is -0.481 e. The van der Waals surface area contributed by atoms with E-state index in [-0.39, 0.29) is 51.5 Å². The summed E-state index contributed by atoms with van der Waals surface area (Å²) in [7, 11) is 0. The normalized spacial score (nSPS) is 21.8. The Morgan fingerprint density at radius 2 is 1.87 bits per heavy atom. The lowest BCUT2D eigenvalue weighted by atomic mass is 10.0. The van der Waals surface area contributed by atoms with E-state index >= 15 is 0 Å². The number of carboxylic acid groups (broad SMARTS) is 1. The Balaban J connectivity index is 1.67. The number of hydrogen-bond donors (Lipinski definition) is 3. The van der Waals surface area contributed by atoms with Gasteiger partial charge in [0, 0.05) is 29.6 Å². The van der Waals surface area contributed by atoms with E-state index in [1.54, 1.807) is 23.2 Å². The number of piperazine rings is 1. The fraction of sp³-hybridized carbons (Fsp3) is 0.370. The number of carbonyl (C=O) groups is 3. The summed E-state index contributed by atoms with van der Waals surface area (Å²) < 4.78 is 0. The molecule has 3 amide bonds. The summed E-state index contributed by atoms with van der Waals surface area (Å²) in [6.45, 7) is 0.378. The summed E-state index contributed by atoms with van der Waals surface area (Å²) >= 11 is 12.4. The SMILES string of the molecule is C#CCN1CC(O)N2[C@@H](CCC(=O)O)C(=O)N(Cc3ccc(Cl)cc3Cl)C[C@@H]2N1C(=O)NCc1ccccc1. The first-order valence-corrected chi connectivity index (χ1v) is 13.1. The molecule has 2 aromatic rings. The van der Waals surface area contributed by atoms with Crippen LogP contribution in [0.15, 0.2) is 48.5 Å². The number of benzene rings is 2. The van der Waals surface area contributed by atoms with Gasteiger partial charge in [0.2, 0.25) is 5.91 Å². The number of amides is 3. The van der Waals surface area contributed by atoms with E-state index in [2.05, 4.69) is 11.2 Å². The van der Waals surface area contributed by atoms with Crippen LogP contribution in [0.25, 0.3) is 0 Å². The van der Waals surface area contributed by atoms with Gasteiger partial charge >= 0.3 is 12.0 Å². The number of nitrogens with zero attached hydrogens (tertiary/aromatic N) is 4. The second-order valence-electron chi connectivity index (χ2n) is 9.35. The Bertz CT molecular complexity index is 1260. The zero-order chi connectivity index (χ0) is 28.1. The Labute approximate surface area is 236 Å². The first-order chi connectivity index (χ1) is 18.7. The van der Waals surface area contributed by atoms with Gasteiger partial charge in [0.25, 0.3) is 0 Å². The maximum atomic E-state index is 13.7. The predicted molar refractivity (Wildman–Crippen MR) is 145 cm³/mol. The van der Waals surface area contributed by atoms with Crippen LogP contribution in [0.3, 0.4) is 0 Å². The molecule has 2 fully saturated rings. The van der Waals surface area contributed by atoms with Gasteiger partial charge in [-0.15, -0.1) is 6.42 Å². The Kier molecular flexibility index (Phi) is 9.32. The molecule has 2 aliphatic rings. The van der Waals surface area contributed by atoms with Crippen LogP contribution in [0, 0.1) is 12.3 Å². The van der Waals surface area contributed by atoms with E-state index in [0.29, 0.717) is 15.6 Å². The molecule has 10 nitrogen and oxygen atoms in total. The molecule has 39 heavy (non-hydrogen) atoms.